The van der Waals surface area contributed by atoms with Crippen molar-refractivity contribution >= 4 is 5.97 Å². The van der Waals surface area contributed by atoms with Gasteiger partial charge in [0.15, 0.2) is 0 Å². The molecule has 1 aromatic rings. The minimum Gasteiger partial charge on any atom is -0.508 e. The zero-order chi connectivity index (χ0) is 25.0. The summed E-state index contributed by atoms with van der Waals surface area (Å²) in [6, 6.07) is 3.94. The normalized spacial score (nSPS) is 23.0. The van der Waals surface area contributed by atoms with Gasteiger partial charge in [0.05, 0.1) is 12.2 Å². The molecule has 190 valence electrons. The van der Waals surface area contributed by atoms with Crippen LogP contribution in [-0.4, -0.2) is 58.0 Å². The molecular weight excluding hydrogens is 430 g/mol. The third-order valence-electron chi connectivity index (χ3n) is 7.09. The largest absolute Gasteiger partial charge is 0.508 e. The second-order valence-electron chi connectivity index (χ2n) is 11.5. The van der Waals surface area contributed by atoms with Crippen molar-refractivity contribution in [2.45, 2.75) is 96.7 Å². The molecule has 0 radical (unpaired) electrons. The molecule has 3 atom stereocenters. The van der Waals surface area contributed by atoms with Crippen LogP contribution in [0.15, 0.2) is 23.8 Å². The average Bonchev–Trinajstić information content (AvgIpc) is 2.72. The van der Waals surface area contributed by atoms with Crippen molar-refractivity contribution in [2.75, 3.05) is 19.6 Å². The molecule has 0 saturated carbocycles. The predicted octanol–water partition coefficient (Wildman–Crippen LogP) is 5.22. The first kappa shape index (κ1) is 26.6. The van der Waals surface area contributed by atoms with Gasteiger partial charge in [-0.25, -0.2) is 0 Å². The SMILES string of the molecule is CC(C)Oc1cc(C(C)(C)C)cc(O)c1C1CCC=C(C(O)CN2CCCC(CC(=O)O)C2)C1. The fourth-order valence-corrected chi connectivity index (χ4v) is 5.36. The second-order valence-corrected chi connectivity index (χ2v) is 11.5. The Morgan fingerprint density at radius 2 is 1.97 bits per heavy atom. The Morgan fingerprint density at radius 3 is 2.62 bits per heavy atom. The van der Waals surface area contributed by atoms with Gasteiger partial charge < -0.3 is 25.0 Å². The molecule has 3 rings (SSSR count). The summed E-state index contributed by atoms with van der Waals surface area (Å²) in [6.45, 7) is 12.5. The summed E-state index contributed by atoms with van der Waals surface area (Å²) in [5, 5.41) is 31.3. The smallest absolute Gasteiger partial charge is 0.303 e. The van der Waals surface area contributed by atoms with Crippen LogP contribution in [-0.2, 0) is 10.2 Å². The Morgan fingerprint density at radius 1 is 1.24 bits per heavy atom. The number of ether oxygens (including phenoxy) is 1. The molecule has 6 heteroatoms. The van der Waals surface area contributed by atoms with E-state index in [1.54, 1.807) is 0 Å². The van der Waals surface area contributed by atoms with E-state index < -0.39 is 12.1 Å². The van der Waals surface area contributed by atoms with E-state index in [0.717, 1.165) is 61.2 Å². The van der Waals surface area contributed by atoms with E-state index in [1.807, 2.05) is 19.9 Å². The first-order chi connectivity index (χ1) is 15.9. The van der Waals surface area contributed by atoms with Crippen molar-refractivity contribution in [2.24, 2.45) is 5.92 Å². The van der Waals surface area contributed by atoms with Crippen molar-refractivity contribution in [1.29, 1.82) is 0 Å². The van der Waals surface area contributed by atoms with Crippen LogP contribution in [0.5, 0.6) is 11.5 Å². The number of aliphatic hydroxyl groups excluding tert-OH is 1. The summed E-state index contributed by atoms with van der Waals surface area (Å²) < 4.78 is 6.18. The van der Waals surface area contributed by atoms with Gasteiger partial charge in [0, 0.05) is 25.1 Å². The number of piperidine rings is 1. The highest BCUT2D eigenvalue weighted by Crippen LogP contribution is 2.45. The van der Waals surface area contributed by atoms with E-state index >= 15 is 0 Å². The Kier molecular flexibility index (Phi) is 8.69. The number of β-amino-alcohol motifs (C(OH)–C–C–N with tert-alkyl or cyclic N) is 1. The van der Waals surface area contributed by atoms with Gasteiger partial charge in [0.1, 0.15) is 11.5 Å². The molecule has 0 aromatic heterocycles. The van der Waals surface area contributed by atoms with Gasteiger partial charge in [-0.2, -0.15) is 0 Å². The molecule has 1 aliphatic heterocycles. The summed E-state index contributed by atoms with van der Waals surface area (Å²) in [4.78, 5) is 13.3. The summed E-state index contributed by atoms with van der Waals surface area (Å²) in [5.41, 5.74) is 2.79. The zero-order valence-electron chi connectivity index (χ0n) is 21.5. The van der Waals surface area contributed by atoms with Gasteiger partial charge in [-0.05, 0) is 93.0 Å². The number of aromatic hydroxyl groups is 1. The minimum absolute atomic E-state index is 0.00425. The maximum absolute atomic E-state index is 11.1. The van der Waals surface area contributed by atoms with Crippen LogP contribution in [0.25, 0.3) is 0 Å². The fourth-order valence-electron chi connectivity index (χ4n) is 5.36. The molecule has 34 heavy (non-hydrogen) atoms. The topological polar surface area (TPSA) is 90.2 Å². The lowest BCUT2D eigenvalue weighted by molar-refractivity contribution is -0.138. The van der Waals surface area contributed by atoms with Gasteiger partial charge in [0.25, 0.3) is 0 Å². The quantitative estimate of drug-likeness (QED) is 0.449. The second kappa shape index (κ2) is 11.1. The summed E-state index contributed by atoms with van der Waals surface area (Å²) in [7, 11) is 0. The molecule has 0 bridgehead atoms. The van der Waals surface area contributed by atoms with Gasteiger partial charge in [-0.3, -0.25) is 4.79 Å². The first-order valence-electron chi connectivity index (χ1n) is 12.8. The number of benzene rings is 1. The Labute approximate surface area is 204 Å². The molecule has 3 unspecified atom stereocenters. The molecule has 6 nitrogen and oxygen atoms in total. The number of aliphatic hydroxyl groups is 1. The van der Waals surface area contributed by atoms with Crippen molar-refractivity contribution in [1.82, 2.24) is 4.90 Å². The number of likely N-dealkylation sites (tertiary alicyclic amines) is 1. The summed E-state index contributed by atoms with van der Waals surface area (Å²) in [6.07, 6.45) is 6.08. The lowest BCUT2D eigenvalue weighted by atomic mass is 9.79. The highest BCUT2D eigenvalue weighted by molar-refractivity contribution is 5.67. The molecule has 0 amide bonds. The summed E-state index contributed by atoms with van der Waals surface area (Å²) >= 11 is 0. The van der Waals surface area contributed by atoms with E-state index in [2.05, 4.69) is 37.8 Å². The predicted molar refractivity (Wildman–Crippen MR) is 135 cm³/mol. The monoisotopic (exact) mass is 473 g/mol. The van der Waals surface area contributed by atoms with Crippen molar-refractivity contribution < 1.29 is 24.9 Å². The molecule has 2 aliphatic rings. The number of nitrogens with zero attached hydrogens (tertiary/aromatic N) is 1. The van der Waals surface area contributed by atoms with E-state index in [1.165, 1.54) is 0 Å². The standard InChI is InChI=1S/C28H43NO5/c1-18(2)34-25-15-22(28(3,4)5)14-23(30)27(25)21-10-6-9-20(13-21)24(31)17-29-11-7-8-19(16-29)12-26(32)33/h9,14-15,18-19,21,24,30-31H,6-8,10-13,16-17H2,1-5H3,(H,32,33). The number of phenols is 1. The number of hydrogen-bond acceptors (Lipinski definition) is 5. The van der Waals surface area contributed by atoms with E-state index in [4.69, 9.17) is 9.84 Å². The number of rotatable bonds is 8. The Balaban J connectivity index is 1.74. The zero-order valence-corrected chi connectivity index (χ0v) is 21.5. The molecule has 1 saturated heterocycles. The number of carbonyl (C=O) groups is 1. The number of carboxylic acid groups (broad SMARTS) is 1. The van der Waals surface area contributed by atoms with E-state index in [0.29, 0.717) is 13.0 Å². The molecule has 3 N–H and O–H groups in total. The number of allylic oxidation sites excluding steroid dienone is 1. The van der Waals surface area contributed by atoms with Crippen LogP contribution < -0.4 is 4.74 Å². The van der Waals surface area contributed by atoms with Gasteiger partial charge in [-0.1, -0.05) is 26.8 Å². The third-order valence-corrected chi connectivity index (χ3v) is 7.09. The van der Waals surface area contributed by atoms with Crippen molar-refractivity contribution in [3.63, 3.8) is 0 Å². The maximum atomic E-state index is 11.1. The van der Waals surface area contributed by atoms with Crippen LogP contribution in [0.1, 0.15) is 90.2 Å². The van der Waals surface area contributed by atoms with Crippen LogP contribution in [0.2, 0.25) is 0 Å². The fraction of sp³-hybridized carbons (Fsp3) is 0.679. The third kappa shape index (κ3) is 6.98. The number of aliphatic carboxylic acids is 1. The van der Waals surface area contributed by atoms with Crippen molar-refractivity contribution in [3.8, 4) is 11.5 Å². The molecular formula is C28H43NO5. The van der Waals surface area contributed by atoms with Crippen LogP contribution in [0.4, 0.5) is 0 Å². The van der Waals surface area contributed by atoms with E-state index in [-0.39, 0.29) is 35.5 Å². The lowest BCUT2D eigenvalue weighted by Gasteiger charge is -2.35. The minimum atomic E-state index is -0.748. The van der Waals surface area contributed by atoms with Crippen LogP contribution >= 0.6 is 0 Å². The molecule has 1 heterocycles. The Bertz CT molecular complexity index is 886. The lowest BCUT2D eigenvalue weighted by Crippen LogP contribution is -2.41. The van der Waals surface area contributed by atoms with Gasteiger partial charge >= 0.3 is 5.97 Å². The highest BCUT2D eigenvalue weighted by Gasteiger charge is 2.30. The Hall–Kier alpha value is -2.05. The molecule has 0 spiro atoms. The van der Waals surface area contributed by atoms with Gasteiger partial charge in [0.2, 0.25) is 0 Å². The molecule has 1 aliphatic carbocycles. The van der Waals surface area contributed by atoms with Gasteiger partial charge in [-0.15, -0.1) is 0 Å². The number of hydrogen-bond donors (Lipinski definition) is 3. The number of phenolic OH excluding ortho intramolecular Hbond substituents is 1. The van der Waals surface area contributed by atoms with Crippen molar-refractivity contribution in [3.05, 3.63) is 34.9 Å². The first-order valence-corrected chi connectivity index (χ1v) is 12.8. The average molecular weight is 474 g/mol. The number of carboxylic acids is 1. The van der Waals surface area contributed by atoms with Crippen LogP contribution in [0.3, 0.4) is 0 Å². The maximum Gasteiger partial charge on any atom is 0.303 e. The highest BCUT2D eigenvalue weighted by atomic mass is 16.5. The molecule has 1 fully saturated rings. The molecule has 1 aromatic carbocycles. The van der Waals surface area contributed by atoms with E-state index in [9.17, 15) is 15.0 Å². The summed E-state index contributed by atoms with van der Waals surface area (Å²) in [5.74, 6) is 0.505. The van der Waals surface area contributed by atoms with Crippen LogP contribution in [0, 0.1) is 5.92 Å².